The van der Waals surface area contributed by atoms with Crippen LogP contribution in [0.4, 0.5) is 11.4 Å². The lowest BCUT2D eigenvalue weighted by Crippen LogP contribution is -2.33. The summed E-state index contributed by atoms with van der Waals surface area (Å²) < 4.78 is 0. The van der Waals surface area contributed by atoms with Crippen LogP contribution in [0.15, 0.2) is 48.2 Å². The van der Waals surface area contributed by atoms with E-state index in [4.69, 9.17) is 11.6 Å². The maximum atomic E-state index is 13.0. The number of halogens is 1. The van der Waals surface area contributed by atoms with Crippen LogP contribution in [0.5, 0.6) is 0 Å². The molecule has 0 aromatic heterocycles. The lowest BCUT2D eigenvalue weighted by Gasteiger charge is -2.14. The zero-order valence-electron chi connectivity index (χ0n) is 16.5. The number of nitrogens with zero attached hydrogens (tertiary/aromatic N) is 1. The molecule has 1 aliphatic rings. The molecule has 7 heteroatoms. The van der Waals surface area contributed by atoms with E-state index in [9.17, 15) is 14.4 Å². The molecule has 0 unspecified atom stereocenters. The van der Waals surface area contributed by atoms with E-state index in [-0.39, 0.29) is 23.4 Å². The monoisotopic (exact) mass is 411 g/mol. The summed E-state index contributed by atoms with van der Waals surface area (Å²) in [5, 5.41) is 6.42. The average Bonchev–Trinajstić information content (AvgIpc) is 2.89. The lowest BCUT2D eigenvalue weighted by atomic mass is 10.0. The second-order valence-corrected chi connectivity index (χ2v) is 7.29. The first-order valence-electron chi connectivity index (χ1n) is 9.33. The van der Waals surface area contributed by atoms with Crippen LogP contribution in [0.25, 0.3) is 5.57 Å². The maximum Gasteiger partial charge on any atom is 0.278 e. The zero-order valence-corrected chi connectivity index (χ0v) is 17.3. The molecule has 150 valence electrons. The number of carbonyl (C=O) groups is 3. The van der Waals surface area contributed by atoms with Gasteiger partial charge in [-0.3, -0.25) is 19.3 Å². The largest absolute Gasteiger partial charge is 0.350 e. The minimum absolute atomic E-state index is 0.182. The Morgan fingerprint density at radius 2 is 1.76 bits per heavy atom. The van der Waals surface area contributed by atoms with Gasteiger partial charge in [0.05, 0.1) is 5.57 Å². The number of carbonyl (C=O) groups excluding carboxylic acids is 3. The lowest BCUT2D eigenvalue weighted by molar-refractivity contribution is -0.136. The highest BCUT2D eigenvalue weighted by Crippen LogP contribution is 2.32. The number of aryl methyl sites for hydroxylation is 1. The molecule has 0 spiro atoms. The molecular weight excluding hydrogens is 390 g/mol. The number of hydrogen-bond donors (Lipinski definition) is 2. The van der Waals surface area contributed by atoms with E-state index in [2.05, 4.69) is 10.6 Å². The Balaban J connectivity index is 2.04. The van der Waals surface area contributed by atoms with Crippen LogP contribution in [-0.4, -0.2) is 29.2 Å². The van der Waals surface area contributed by atoms with Gasteiger partial charge >= 0.3 is 0 Å². The fourth-order valence-corrected chi connectivity index (χ4v) is 3.44. The van der Waals surface area contributed by atoms with Crippen molar-refractivity contribution in [1.82, 2.24) is 4.90 Å². The molecule has 29 heavy (non-hydrogen) atoms. The number of anilines is 2. The van der Waals surface area contributed by atoms with Crippen LogP contribution in [0.2, 0.25) is 5.02 Å². The van der Waals surface area contributed by atoms with Crippen molar-refractivity contribution in [2.24, 2.45) is 0 Å². The molecule has 0 fully saturated rings. The minimum atomic E-state index is -0.355. The van der Waals surface area contributed by atoms with Gasteiger partial charge in [-0.1, -0.05) is 30.7 Å². The third-order valence-electron chi connectivity index (χ3n) is 4.56. The predicted molar refractivity (Wildman–Crippen MR) is 114 cm³/mol. The highest BCUT2D eigenvalue weighted by Gasteiger charge is 2.38. The average molecular weight is 412 g/mol. The van der Waals surface area contributed by atoms with Crippen LogP contribution in [0.3, 0.4) is 0 Å². The summed E-state index contributed by atoms with van der Waals surface area (Å²) in [5.41, 5.74) is 3.33. The molecule has 0 saturated heterocycles. The fourth-order valence-electron chi connectivity index (χ4n) is 3.21. The standard InChI is InChI=1S/C22H22ClN3O3/c1-4-11-26-21(28)19(15-5-8-17(9-6-15)24-14(3)27)20(22(26)29)25-18-10-7-16(23)12-13(18)2/h5-10,12,25H,4,11H2,1-3H3,(H,24,27). The third kappa shape index (κ3) is 4.32. The van der Waals surface area contributed by atoms with E-state index < -0.39 is 0 Å². The molecule has 2 aromatic rings. The van der Waals surface area contributed by atoms with Gasteiger partial charge in [0.1, 0.15) is 5.70 Å². The van der Waals surface area contributed by atoms with Crippen molar-refractivity contribution in [3.8, 4) is 0 Å². The molecule has 0 bridgehead atoms. The Morgan fingerprint density at radius 3 is 2.34 bits per heavy atom. The normalized spacial score (nSPS) is 13.9. The minimum Gasteiger partial charge on any atom is -0.350 e. The summed E-state index contributed by atoms with van der Waals surface area (Å²) in [6, 6.07) is 12.1. The van der Waals surface area contributed by atoms with Gasteiger partial charge in [0.2, 0.25) is 5.91 Å². The number of benzene rings is 2. The van der Waals surface area contributed by atoms with E-state index in [0.29, 0.717) is 40.5 Å². The second-order valence-electron chi connectivity index (χ2n) is 6.85. The number of amides is 3. The van der Waals surface area contributed by atoms with Crippen molar-refractivity contribution in [2.75, 3.05) is 17.2 Å². The van der Waals surface area contributed by atoms with Crippen LogP contribution in [0.1, 0.15) is 31.4 Å². The third-order valence-corrected chi connectivity index (χ3v) is 4.79. The van der Waals surface area contributed by atoms with Gasteiger partial charge in [-0.2, -0.15) is 0 Å². The SMILES string of the molecule is CCCN1C(=O)C(Nc2ccc(Cl)cc2C)=C(c2ccc(NC(C)=O)cc2)C1=O. The van der Waals surface area contributed by atoms with E-state index in [1.165, 1.54) is 11.8 Å². The Labute approximate surface area is 174 Å². The topological polar surface area (TPSA) is 78.5 Å². The summed E-state index contributed by atoms with van der Waals surface area (Å²) in [7, 11) is 0. The van der Waals surface area contributed by atoms with Crippen LogP contribution >= 0.6 is 11.6 Å². The van der Waals surface area contributed by atoms with Crippen LogP contribution in [-0.2, 0) is 14.4 Å². The molecule has 1 aliphatic heterocycles. The van der Waals surface area contributed by atoms with Gasteiger partial charge < -0.3 is 10.6 Å². The molecule has 0 saturated carbocycles. The molecule has 0 aliphatic carbocycles. The number of imide groups is 1. The predicted octanol–water partition coefficient (Wildman–Crippen LogP) is 4.21. The van der Waals surface area contributed by atoms with E-state index in [1.807, 2.05) is 13.8 Å². The molecule has 2 aromatic carbocycles. The fraction of sp³-hybridized carbons (Fsp3) is 0.227. The highest BCUT2D eigenvalue weighted by molar-refractivity contribution is 6.36. The first-order valence-corrected chi connectivity index (χ1v) is 9.71. The highest BCUT2D eigenvalue weighted by atomic mass is 35.5. The zero-order chi connectivity index (χ0) is 21.1. The van der Waals surface area contributed by atoms with Gasteiger partial charge in [-0.15, -0.1) is 0 Å². The summed E-state index contributed by atoms with van der Waals surface area (Å²) >= 11 is 6.03. The van der Waals surface area contributed by atoms with E-state index in [1.54, 1.807) is 42.5 Å². The molecule has 1 heterocycles. The van der Waals surface area contributed by atoms with Crippen molar-refractivity contribution in [2.45, 2.75) is 27.2 Å². The van der Waals surface area contributed by atoms with Gasteiger partial charge in [0, 0.05) is 29.9 Å². The molecule has 0 atom stereocenters. The Hall–Kier alpha value is -3.12. The molecule has 0 radical (unpaired) electrons. The summed E-state index contributed by atoms with van der Waals surface area (Å²) in [6.45, 7) is 5.56. The summed E-state index contributed by atoms with van der Waals surface area (Å²) in [4.78, 5) is 38.5. The van der Waals surface area contributed by atoms with E-state index in [0.717, 1.165) is 5.56 Å². The van der Waals surface area contributed by atoms with Gasteiger partial charge in [0.25, 0.3) is 11.8 Å². The van der Waals surface area contributed by atoms with Gasteiger partial charge in [-0.05, 0) is 54.8 Å². The molecule has 3 rings (SSSR count). The van der Waals surface area contributed by atoms with E-state index >= 15 is 0 Å². The summed E-state index contributed by atoms with van der Waals surface area (Å²) in [6.07, 6.45) is 0.666. The maximum absolute atomic E-state index is 13.0. The molecule has 3 amide bonds. The number of nitrogens with one attached hydrogen (secondary N) is 2. The molecule has 6 nitrogen and oxygen atoms in total. The van der Waals surface area contributed by atoms with Crippen molar-refractivity contribution in [1.29, 1.82) is 0 Å². The van der Waals surface area contributed by atoms with Crippen molar-refractivity contribution >= 4 is 46.3 Å². The molecule has 2 N–H and O–H groups in total. The van der Waals surface area contributed by atoms with Crippen LogP contribution in [0, 0.1) is 6.92 Å². The number of hydrogen-bond acceptors (Lipinski definition) is 4. The first kappa shape index (κ1) is 20.6. The summed E-state index contributed by atoms with van der Waals surface area (Å²) in [5.74, 6) is -0.871. The smallest absolute Gasteiger partial charge is 0.278 e. The first-order chi connectivity index (χ1) is 13.8. The Morgan fingerprint density at radius 1 is 1.07 bits per heavy atom. The Bertz CT molecular complexity index is 1010. The molecular formula is C22H22ClN3O3. The van der Waals surface area contributed by atoms with Gasteiger partial charge in [0.15, 0.2) is 0 Å². The van der Waals surface area contributed by atoms with Crippen molar-refractivity contribution < 1.29 is 14.4 Å². The van der Waals surface area contributed by atoms with Gasteiger partial charge in [-0.25, -0.2) is 0 Å². The Kier molecular flexibility index (Phi) is 6.03. The van der Waals surface area contributed by atoms with Crippen LogP contribution < -0.4 is 10.6 Å². The van der Waals surface area contributed by atoms with Crippen molar-refractivity contribution in [3.05, 3.63) is 64.3 Å². The quantitative estimate of drug-likeness (QED) is 0.698. The number of rotatable bonds is 6. The van der Waals surface area contributed by atoms with Crippen molar-refractivity contribution in [3.63, 3.8) is 0 Å². The second kappa shape index (κ2) is 8.49.